The third-order valence-corrected chi connectivity index (χ3v) is 4.37. The topological polar surface area (TPSA) is 156 Å². The zero-order valence-electron chi connectivity index (χ0n) is 16.9. The molecule has 0 atom stereocenters. The predicted molar refractivity (Wildman–Crippen MR) is 113 cm³/mol. The molecule has 3 rings (SSSR count). The summed E-state index contributed by atoms with van der Waals surface area (Å²) in [6, 6.07) is 13.2. The molecule has 11 nitrogen and oxygen atoms in total. The zero-order valence-corrected chi connectivity index (χ0v) is 16.9. The standard InChI is InChI=1S/C22H14N2O9/c1-13(25)19-11-10-18(32-21(26)14-2-6-16(7-3-14)23(28)29)12-20(19)33-22(27)15-4-8-17(9-5-15)24(30)31/h2-12H,1H3. The molecule has 0 saturated heterocycles. The number of carbonyl (C=O) groups is 3. The van der Waals surface area contributed by atoms with E-state index in [4.69, 9.17) is 9.47 Å². The van der Waals surface area contributed by atoms with E-state index in [0.717, 1.165) is 24.3 Å². The third-order valence-electron chi connectivity index (χ3n) is 4.37. The van der Waals surface area contributed by atoms with Crippen LogP contribution in [0, 0.1) is 20.2 Å². The number of nitrogens with zero attached hydrogens (tertiary/aromatic N) is 2. The average molecular weight is 450 g/mol. The maximum absolute atomic E-state index is 12.4. The lowest BCUT2D eigenvalue weighted by Gasteiger charge is -2.11. The highest BCUT2D eigenvalue weighted by Gasteiger charge is 2.18. The fourth-order valence-electron chi connectivity index (χ4n) is 2.70. The van der Waals surface area contributed by atoms with Crippen molar-refractivity contribution in [2.45, 2.75) is 6.92 Å². The molecule has 0 saturated carbocycles. The van der Waals surface area contributed by atoms with E-state index in [9.17, 15) is 34.6 Å². The molecule has 0 aromatic heterocycles. The molecule has 3 aromatic rings. The van der Waals surface area contributed by atoms with E-state index in [1.807, 2.05) is 0 Å². The van der Waals surface area contributed by atoms with E-state index < -0.39 is 27.6 Å². The number of ether oxygens (including phenoxy) is 2. The largest absolute Gasteiger partial charge is 0.423 e. The Kier molecular flexibility index (Phi) is 6.53. The molecule has 0 heterocycles. The maximum Gasteiger partial charge on any atom is 0.343 e. The zero-order chi connectivity index (χ0) is 24.1. The summed E-state index contributed by atoms with van der Waals surface area (Å²) in [5, 5.41) is 21.5. The normalized spacial score (nSPS) is 10.2. The highest BCUT2D eigenvalue weighted by molar-refractivity contribution is 5.99. The highest BCUT2D eigenvalue weighted by Crippen LogP contribution is 2.27. The Hall–Kier alpha value is -4.93. The first kappa shape index (κ1) is 22.7. The first-order chi connectivity index (χ1) is 15.7. The van der Waals surface area contributed by atoms with Crippen molar-refractivity contribution in [3.05, 3.63) is 104 Å². The lowest BCUT2D eigenvalue weighted by molar-refractivity contribution is -0.385. The molecular weight excluding hydrogens is 436 g/mol. The van der Waals surface area contributed by atoms with Crippen molar-refractivity contribution in [1.29, 1.82) is 0 Å². The van der Waals surface area contributed by atoms with Gasteiger partial charge in [0.15, 0.2) is 5.78 Å². The van der Waals surface area contributed by atoms with Gasteiger partial charge in [-0.1, -0.05) is 0 Å². The van der Waals surface area contributed by atoms with E-state index in [0.29, 0.717) is 0 Å². The molecule has 166 valence electrons. The molecule has 0 aliphatic rings. The molecule has 0 bridgehead atoms. The summed E-state index contributed by atoms with van der Waals surface area (Å²) < 4.78 is 10.5. The van der Waals surface area contributed by atoms with Crippen molar-refractivity contribution in [2.24, 2.45) is 0 Å². The van der Waals surface area contributed by atoms with Gasteiger partial charge in [0.1, 0.15) is 11.5 Å². The highest BCUT2D eigenvalue weighted by atomic mass is 16.6. The minimum atomic E-state index is -0.883. The molecule has 3 aromatic carbocycles. The van der Waals surface area contributed by atoms with Crippen molar-refractivity contribution in [1.82, 2.24) is 0 Å². The summed E-state index contributed by atoms with van der Waals surface area (Å²) >= 11 is 0. The number of benzene rings is 3. The number of nitro benzene ring substituents is 2. The van der Waals surface area contributed by atoms with Crippen LogP contribution in [0.15, 0.2) is 66.7 Å². The van der Waals surface area contributed by atoms with Gasteiger partial charge in [-0.05, 0) is 43.3 Å². The average Bonchev–Trinajstić information content (AvgIpc) is 2.79. The molecule has 33 heavy (non-hydrogen) atoms. The van der Waals surface area contributed by atoms with Crippen LogP contribution in [0.4, 0.5) is 11.4 Å². The fraction of sp³-hybridized carbons (Fsp3) is 0.0455. The van der Waals surface area contributed by atoms with E-state index in [1.165, 1.54) is 49.4 Å². The van der Waals surface area contributed by atoms with E-state index in [2.05, 4.69) is 0 Å². The van der Waals surface area contributed by atoms with E-state index in [1.54, 1.807) is 0 Å². The van der Waals surface area contributed by atoms with Crippen molar-refractivity contribution in [3.63, 3.8) is 0 Å². The van der Waals surface area contributed by atoms with Gasteiger partial charge < -0.3 is 9.47 Å². The van der Waals surface area contributed by atoms with Crippen LogP contribution in [0.5, 0.6) is 11.5 Å². The number of ketones is 1. The molecule has 11 heteroatoms. The summed E-state index contributed by atoms with van der Waals surface area (Å²) in [5.74, 6) is -2.36. The Balaban J connectivity index is 1.82. The number of carbonyl (C=O) groups excluding carboxylic acids is 3. The molecule has 0 aliphatic heterocycles. The molecule has 0 radical (unpaired) electrons. The van der Waals surface area contributed by atoms with Gasteiger partial charge in [-0.3, -0.25) is 25.0 Å². The van der Waals surface area contributed by atoms with Crippen LogP contribution in [0.1, 0.15) is 38.0 Å². The Morgan fingerprint density at radius 1 is 0.697 bits per heavy atom. The first-order valence-corrected chi connectivity index (χ1v) is 9.24. The monoisotopic (exact) mass is 450 g/mol. The quantitative estimate of drug-likeness (QED) is 0.170. The number of non-ortho nitro benzene ring substituents is 2. The SMILES string of the molecule is CC(=O)c1ccc(OC(=O)c2ccc([N+](=O)[O-])cc2)cc1OC(=O)c1ccc([N+](=O)[O-])cc1. The summed E-state index contributed by atoms with van der Waals surface area (Å²) in [6.07, 6.45) is 0. The van der Waals surface area contributed by atoms with Gasteiger partial charge >= 0.3 is 11.9 Å². The van der Waals surface area contributed by atoms with Gasteiger partial charge in [-0.2, -0.15) is 0 Å². The molecule has 0 unspecified atom stereocenters. The predicted octanol–water partition coefficient (Wildman–Crippen LogP) is 4.14. The number of Topliss-reactive ketones (excluding diaryl/α,β-unsaturated/α-hetero) is 1. The second-order valence-electron chi connectivity index (χ2n) is 6.60. The van der Waals surface area contributed by atoms with E-state index in [-0.39, 0.29) is 39.6 Å². The summed E-state index contributed by atoms with van der Waals surface area (Å²) in [7, 11) is 0. The number of hydrogen-bond donors (Lipinski definition) is 0. The first-order valence-electron chi connectivity index (χ1n) is 9.24. The van der Waals surface area contributed by atoms with Gasteiger partial charge in [0, 0.05) is 30.3 Å². The van der Waals surface area contributed by atoms with Crippen molar-refractivity contribution < 1.29 is 33.7 Å². The van der Waals surface area contributed by atoms with Gasteiger partial charge in [-0.25, -0.2) is 9.59 Å². The van der Waals surface area contributed by atoms with Crippen LogP contribution in [-0.4, -0.2) is 27.6 Å². The molecule has 0 N–H and O–H groups in total. The Morgan fingerprint density at radius 3 is 1.58 bits per heavy atom. The molecular formula is C22H14N2O9. The lowest BCUT2D eigenvalue weighted by atomic mass is 10.1. The summed E-state index contributed by atoms with van der Waals surface area (Å²) in [5.41, 5.74) is -0.321. The number of nitro groups is 2. The minimum Gasteiger partial charge on any atom is -0.423 e. The van der Waals surface area contributed by atoms with Gasteiger partial charge in [0.25, 0.3) is 11.4 Å². The summed E-state index contributed by atoms with van der Waals surface area (Å²) in [6.45, 7) is 1.25. The second-order valence-corrected chi connectivity index (χ2v) is 6.60. The Labute approximate surface area is 185 Å². The smallest absolute Gasteiger partial charge is 0.343 e. The minimum absolute atomic E-state index is 0.00313. The van der Waals surface area contributed by atoms with Crippen molar-refractivity contribution in [3.8, 4) is 11.5 Å². The Morgan fingerprint density at radius 2 is 1.15 bits per heavy atom. The molecule has 0 amide bonds. The number of esters is 2. The van der Waals surface area contributed by atoms with Crippen LogP contribution in [-0.2, 0) is 0 Å². The van der Waals surface area contributed by atoms with Crippen LogP contribution >= 0.6 is 0 Å². The fourth-order valence-corrected chi connectivity index (χ4v) is 2.70. The Bertz CT molecular complexity index is 1270. The summed E-state index contributed by atoms with van der Waals surface area (Å²) in [4.78, 5) is 56.9. The number of hydrogen-bond acceptors (Lipinski definition) is 9. The lowest BCUT2D eigenvalue weighted by Crippen LogP contribution is -2.12. The maximum atomic E-state index is 12.4. The van der Waals surface area contributed by atoms with Gasteiger partial charge in [0.05, 0.1) is 26.5 Å². The molecule has 0 aliphatic carbocycles. The third kappa shape index (κ3) is 5.41. The van der Waals surface area contributed by atoms with Crippen molar-refractivity contribution >= 4 is 29.1 Å². The van der Waals surface area contributed by atoms with Crippen LogP contribution in [0.2, 0.25) is 0 Å². The second kappa shape index (κ2) is 9.47. The molecule has 0 spiro atoms. The van der Waals surface area contributed by atoms with Gasteiger partial charge in [0.2, 0.25) is 0 Å². The van der Waals surface area contributed by atoms with Crippen LogP contribution in [0.25, 0.3) is 0 Å². The van der Waals surface area contributed by atoms with E-state index >= 15 is 0 Å². The van der Waals surface area contributed by atoms with Crippen LogP contribution < -0.4 is 9.47 Å². The van der Waals surface area contributed by atoms with Crippen LogP contribution in [0.3, 0.4) is 0 Å². The van der Waals surface area contributed by atoms with Crippen molar-refractivity contribution in [2.75, 3.05) is 0 Å². The number of rotatable bonds is 7. The van der Waals surface area contributed by atoms with Gasteiger partial charge in [-0.15, -0.1) is 0 Å². The molecule has 0 fully saturated rings.